The molecule has 1 unspecified atom stereocenters. The Labute approximate surface area is 144 Å². The van der Waals surface area contributed by atoms with E-state index in [1.165, 1.54) is 10.6 Å². The normalized spacial score (nSPS) is 20.4. The average molecular weight is 326 g/mol. The molecule has 1 aromatic carbocycles. The van der Waals surface area contributed by atoms with E-state index >= 15 is 0 Å². The number of benzene rings is 1. The SMILES string of the molecule is O=C(CCCc1ccccc1)N(C(=O)C1C=CCC1)N1CCCC1. The zero-order valence-electron chi connectivity index (χ0n) is 14.2. The van der Waals surface area contributed by atoms with E-state index in [-0.39, 0.29) is 17.7 Å². The van der Waals surface area contributed by atoms with Gasteiger partial charge in [-0.15, -0.1) is 0 Å². The van der Waals surface area contributed by atoms with Crippen LogP contribution in [0.25, 0.3) is 0 Å². The fraction of sp³-hybridized carbons (Fsp3) is 0.500. The van der Waals surface area contributed by atoms with Gasteiger partial charge in [0.1, 0.15) is 0 Å². The van der Waals surface area contributed by atoms with Gasteiger partial charge in [-0.3, -0.25) is 9.59 Å². The molecule has 1 heterocycles. The van der Waals surface area contributed by atoms with E-state index in [9.17, 15) is 9.59 Å². The van der Waals surface area contributed by atoms with Gasteiger partial charge in [0.2, 0.25) is 5.91 Å². The molecule has 0 aromatic heterocycles. The third kappa shape index (κ3) is 4.12. The summed E-state index contributed by atoms with van der Waals surface area (Å²) >= 11 is 0. The lowest BCUT2D eigenvalue weighted by atomic mass is 10.1. The lowest BCUT2D eigenvalue weighted by Crippen LogP contribution is -2.50. The molecule has 1 aliphatic heterocycles. The molecule has 3 rings (SSSR count). The van der Waals surface area contributed by atoms with E-state index in [2.05, 4.69) is 12.1 Å². The maximum absolute atomic E-state index is 12.8. The van der Waals surface area contributed by atoms with Crippen LogP contribution < -0.4 is 0 Å². The van der Waals surface area contributed by atoms with Gasteiger partial charge in [-0.1, -0.05) is 42.5 Å². The third-order valence-corrected chi connectivity index (χ3v) is 4.84. The van der Waals surface area contributed by atoms with E-state index in [4.69, 9.17) is 0 Å². The van der Waals surface area contributed by atoms with Crippen LogP contribution in [0.2, 0.25) is 0 Å². The number of allylic oxidation sites excluding steroid dienone is 1. The summed E-state index contributed by atoms with van der Waals surface area (Å²) in [6.07, 6.45) is 9.97. The summed E-state index contributed by atoms with van der Waals surface area (Å²) in [4.78, 5) is 25.6. The Morgan fingerprint density at radius 3 is 2.54 bits per heavy atom. The minimum Gasteiger partial charge on any atom is -0.273 e. The maximum Gasteiger partial charge on any atom is 0.250 e. The molecule has 1 aromatic rings. The van der Waals surface area contributed by atoms with Crippen LogP contribution in [0.3, 0.4) is 0 Å². The van der Waals surface area contributed by atoms with Crippen molar-refractivity contribution in [2.24, 2.45) is 5.92 Å². The predicted octanol–water partition coefficient (Wildman–Crippen LogP) is 3.34. The van der Waals surface area contributed by atoms with E-state index in [0.717, 1.165) is 51.6 Å². The molecule has 128 valence electrons. The molecule has 0 spiro atoms. The summed E-state index contributed by atoms with van der Waals surface area (Å²) in [7, 11) is 0. The minimum atomic E-state index is -0.122. The highest BCUT2D eigenvalue weighted by molar-refractivity contribution is 5.96. The lowest BCUT2D eigenvalue weighted by molar-refractivity contribution is -0.164. The zero-order valence-corrected chi connectivity index (χ0v) is 14.2. The molecule has 1 saturated heterocycles. The third-order valence-electron chi connectivity index (χ3n) is 4.84. The Kier molecular flexibility index (Phi) is 5.81. The number of amides is 2. The molecular weight excluding hydrogens is 300 g/mol. The first-order valence-electron chi connectivity index (χ1n) is 9.08. The summed E-state index contributed by atoms with van der Waals surface area (Å²) in [5.41, 5.74) is 1.24. The van der Waals surface area contributed by atoms with Crippen molar-refractivity contribution in [1.82, 2.24) is 10.0 Å². The summed E-state index contributed by atoms with van der Waals surface area (Å²) in [5, 5.41) is 3.43. The van der Waals surface area contributed by atoms with Gasteiger partial charge in [-0.25, -0.2) is 10.0 Å². The quantitative estimate of drug-likeness (QED) is 0.753. The number of imide groups is 1. The monoisotopic (exact) mass is 326 g/mol. The number of hydrazine groups is 1. The second kappa shape index (κ2) is 8.25. The van der Waals surface area contributed by atoms with E-state index < -0.39 is 0 Å². The smallest absolute Gasteiger partial charge is 0.250 e. The summed E-state index contributed by atoms with van der Waals surface area (Å²) < 4.78 is 0. The van der Waals surface area contributed by atoms with Gasteiger partial charge in [-0.05, 0) is 44.1 Å². The van der Waals surface area contributed by atoms with E-state index in [0.29, 0.717) is 6.42 Å². The summed E-state index contributed by atoms with van der Waals surface area (Å²) in [5.74, 6) is -0.197. The summed E-state index contributed by atoms with van der Waals surface area (Å²) in [6.45, 7) is 1.62. The standard InChI is InChI=1S/C20H26N2O2/c23-19(14-8-11-17-9-2-1-3-10-17)22(21-15-6-7-16-21)20(24)18-12-4-5-13-18/h1-4,9-10,12,18H,5-8,11,13-16H2. The maximum atomic E-state index is 12.8. The molecule has 0 N–H and O–H groups in total. The van der Waals surface area contributed by atoms with Gasteiger partial charge in [-0.2, -0.15) is 0 Å². The number of carbonyl (C=O) groups excluding carboxylic acids is 2. The zero-order chi connectivity index (χ0) is 16.8. The minimum absolute atomic E-state index is 0.0321. The fourth-order valence-corrected chi connectivity index (χ4v) is 3.51. The van der Waals surface area contributed by atoms with Crippen LogP contribution in [0, 0.1) is 5.92 Å². The number of nitrogens with zero attached hydrogens (tertiary/aromatic N) is 2. The van der Waals surface area contributed by atoms with Gasteiger partial charge in [0.15, 0.2) is 0 Å². The van der Waals surface area contributed by atoms with Crippen molar-refractivity contribution in [1.29, 1.82) is 0 Å². The van der Waals surface area contributed by atoms with Crippen molar-refractivity contribution < 1.29 is 9.59 Å². The van der Waals surface area contributed by atoms with Gasteiger partial charge in [0.25, 0.3) is 5.91 Å². The van der Waals surface area contributed by atoms with Crippen LogP contribution in [0.5, 0.6) is 0 Å². The lowest BCUT2D eigenvalue weighted by Gasteiger charge is -2.31. The second-order valence-electron chi connectivity index (χ2n) is 6.66. The first kappa shape index (κ1) is 16.9. The first-order valence-corrected chi connectivity index (χ1v) is 9.08. The Hall–Kier alpha value is -1.94. The van der Waals surface area contributed by atoms with Crippen LogP contribution >= 0.6 is 0 Å². The molecule has 0 bridgehead atoms. The molecule has 1 atom stereocenters. The van der Waals surface area contributed by atoms with Crippen molar-refractivity contribution in [3.05, 3.63) is 48.0 Å². The number of carbonyl (C=O) groups is 2. The topological polar surface area (TPSA) is 40.6 Å². The van der Waals surface area contributed by atoms with Crippen LogP contribution in [-0.2, 0) is 16.0 Å². The number of hydrogen-bond donors (Lipinski definition) is 0. The number of hydrogen-bond acceptors (Lipinski definition) is 3. The largest absolute Gasteiger partial charge is 0.273 e. The highest BCUT2D eigenvalue weighted by Crippen LogP contribution is 2.23. The molecule has 2 amide bonds. The Balaban J connectivity index is 1.60. The van der Waals surface area contributed by atoms with Gasteiger partial charge in [0.05, 0.1) is 5.92 Å². The van der Waals surface area contributed by atoms with Gasteiger partial charge < -0.3 is 0 Å². The van der Waals surface area contributed by atoms with Crippen molar-refractivity contribution in [2.45, 2.75) is 44.9 Å². The average Bonchev–Trinajstić information content (AvgIpc) is 3.30. The number of rotatable bonds is 6. The molecule has 0 saturated carbocycles. The molecule has 2 aliphatic rings. The van der Waals surface area contributed by atoms with Crippen molar-refractivity contribution in [3.63, 3.8) is 0 Å². The van der Waals surface area contributed by atoms with Crippen LogP contribution in [0.1, 0.15) is 44.1 Å². The van der Waals surface area contributed by atoms with Crippen molar-refractivity contribution in [2.75, 3.05) is 13.1 Å². The van der Waals surface area contributed by atoms with Crippen molar-refractivity contribution in [3.8, 4) is 0 Å². The highest BCUT2D eigenvalue weighted by atomic mass is 16.2. The van der Waals surface area contributed by atoms with E-state index in [1.54, 1.807) is 0 Å². The predicted molar refractivity (Wildman–Crippen MR) is 93.9 cm³/mol. The van der Waals surface area contributed by atoms with Crippen LogP contribution in [-0.4, -0.2) is 34.9 Å². The molecule has 1 aliphatic carbocycles. The highest BCUT2D eigenvalue weighted by Gasteiger charge is 2.33. The van der Waals surface area contributed by atoms with E-state index in [1.807, 2.05) is 35.4 Å². The van der Waals surface area contributed by atoms with Crippen molar-refractivity contribution >= 4 is 11.8 Å². The Bertz CT molecular complexity index is 591. The second-order valence-corrected chi connectivity index (χ2v) is 6.66. The summed E-state index contributed by atoms with van der Waals surface area (Å²) in [6, 6.07) is 10.2. The Morgan fingerprint density at radius 2 is 1.88 bits per heavy atom. The number of aryl methyl sites for hydroxylation is 1. The molecule has 4 heteroatoms. The first-order chi connectivity index (χ1) is 11.8. The van der Waals surface area contributed by atoms with Gasteiger partial charge >= 0.3 is 0 Å². The fourth-order valence-electron chi connectivity index (χ4n) is 3.51. The van der Waals surface area contributed by atoms with Gasteiger partial charge in [0, 0.05) is 19.5 Å². The van der Waals surface area contributed by atoms with Crippen LogP contribution in [0.4, 0.5) is 0 Å². The molecule has 0 radical (unpaired) electrons. The van der Waals surface area contributed by atoms with Crippen LogP contribution in [0.15, 0.2) is 42.5 Å². The molecule has 24 heavy (non-hydrogen) atoms. The Morgan fingerprint density at radius 1 is 1.12 bits per heavy atom. The molecular formula is C20H26N2O2. The molecule has 4 nitrogen and oxygen atoms in total. The molecule has 1 fully saturated rings.